The van der Waals surface area contributed by atoms with Crippen LogP contribution in [0.4, 0.5) is 43.9 Å². The molecule has 134 valence electrons. The third kappa shape index (κ3) is 4.19. The van der Waals surface area contributed by atoms with Gasteiger partial charge in [-0.05, 0) is 18.7 Å². The second-order valence-electron chi connectivity index (χ2n) is 5.05. The smallest absolute Gasteiger partial charge is 0.239 e. The van der Waals surface area contributed by atoms with Gasteiger partial charge in [0.15, 0.2) is 5.57 Å². The van der Waals surface area contributed by atoms with Crippen LogP contribution in [0.5, 0.6) is 0 Å². The van der Waals surface area contributed by atoms with Gasteiger partial charge in [0.2, 0.25) is 0 Å². The molecule has 0 heterocycles. The molecular weight excluding hydrogens is 348 g/mol. The van der Waals surface area contributed by atoms with Crippen molar-refractivity contribution in [1.29, 1.82) is 0 Å². The van der Waals surface area contributed by atoms with Crippen LogP contribution in [0.2, 0.25) is 0 Å². The van der Waals surface area contributed by atoms with Gasteiger partial charge < -0.3 is 0 Å². The Hall–Kier alpha value is -1.25. The van der Waals surface area contributed by atoms with Gasteiger partial charge in [0, 0.05) is 0 Å². The summed E-state index contributed by atoms with van der Waals surface area (Å²) in [6.45, 7) is 0. The van der Waals surface area contributed by atoms with Crippen LogP contribution in [0.15, 0.2) is 10.6 Å². The van der Waals surface area contributed by atoms with Gasteiger partial charge in [-0.3, -0.25) is 0 Å². The van der Waals surface area contributed by atoms with E-state index in [4.69, 9.17) is 0 Å². The molecule has 0 aromatic carbocycles. The topological polar surface area (TPSA) is 12.4 Å². The maximum absolute atomic E-state index is 13.3. The van der Waals surface area contributed by atoms with Crippen LogP contribution < -0.4 is 0 Å². The molecule has 1 aliphatic rings. The second kappa shape index (κ2) is 6.33. The maximum Gasteiger partial charge on any atom is 0.460 e. The first-order valence-corrected chi connectivity index (χ1v) is 6.44. The van der Waals surface area contributed by atoms with Crippen molar-refractivity contribution in [2.45, 2.75) is 62.3 Å². The first-order valence-electron chi connectivity index (χ1n) is 6.44. The number of hydrogen-bond acceptors (Lipinski definition) is 1. The lowest BCUT2D eigenvalue weighted by Gasteiger charge is -2.29. The zero-order valence-electron chi connectivity index (χ0n) is 11.3. The fraction of sp³-hybridized carbons (Fsp3) is 0.833. The van der Waals surface area contributed by atoms with Gasteiger partial charge in [-0.1, -0.05) is 19.3 Å². The van der Waals surface area contributed by atoms with Crippen LogP contribution in [-0.2, 0) is 0 Å². The molecule has 0 atom stereocenters. The summed E-state index contributed by atoms with van der Waals surface area (Å²) in [7, 11) is 0. The van der Waals surface area contributed by atoms with Crippen LogP contribution in [0.1, 0.15) is 32.1 Å². The minimum Gasteiger partial charge on any atom is -0.239 e. The van der Waals surface area contributed by atoms with Crippen LogP contribution in [0.3, 0.4) is 0 Å². The van der Waals surface area contributed by atoms with E-state index in [1.165, 1.54) is 0 Å². The average molecular weight is 359 g/mol. The Kier molecular flexibility index (Phi) is 5.45. The molecule has 1 fully saturated rings. The molecule has 0 aliphatic heterocycles. The highest BCUT2D eigenvalue weighted by Gasteiger charge is 2.77. The summed E-state index contributed by atoms with van der Waals surface area (Å²) in [6.07, 6.45) is -10.8. The highest BCUT2D eigenvalue weighted by atomic mass is 19.4. The Balaban J connectivity index is 3.33. The zero-order chi connectivity index (χ0) is 18.1. The Morgan fingerprint density at radius 1 is 0.783 bits per heavy atom. The summed E-state index contributed by atoms with van der Waals surface area (Å²) in [5.41, 5.74) is -3.43. The van der Waals surface area contributed by atoms with Crippen molar-refractivity contribution in [3.05, 3.63) is 5.57 Å². The van der Waals surface area contributed by atoms with E-state index in [0.29, 0.717) is 12.8 Å². The molecule has 1 saturated carbocycles. The van der Waals surface area contributed by atoms with Crippen molar-refractivity contribution in [3.8, 4) is 0 Å². The van der Waals surface area contributed by atoms with Crippen molar-refractivity contribution < 1.29 is 43.9 Å². The average Bonchev–Trinajstić information content (AvgIpc) is 2.36. The van der Waals surface area contributed by atoms with Crippen LogP contribution in [0.25, 0.3) is 0 Å². The lowest BCUT2D eigenvalue weighted by atomic mass is 9.96. The van der Waals surface area contributed by atoms with E-state index in [9.17, 15) is 43.9 Å². The highest BCUT2D eigenvalue weighted by Crippen LogP contribution is 2.52. The Labute approximate surface area is 124 Å². The Morgan fingerprint density at radius 2 is 1.26 bits per heavy atom. The molecule has 11 heteroatoms. The zero-order valence-corrected chi connectivity index (χ0v) is 11.3. The number of aliphatic imine (C=N–C) groups is 1. The SMILES string of the molecule is FC(F)(F)C(=C=NC1CCCCC1)C(F)(F)C(F)(F)C(F)(F)F. The number of halogens is 10. The summed E-state index contributed by atoms with van der Waals surface area (Å²) in [5, 5.41) is 0. The monoisotopic (exact) mass is 359 g/mol. The van der Waals surface area contributed by atoms with Gasteiger partial charge in [-0.2, -0.15) is 43.9 Å². The van der Waals surface area contributed by atoms with Gasteiger partial charge >= 0.3 is 24.2 Å². The van der Waals surface area contributed by atoms with Gasteiger partial charge in [0.25, 0.3) is 0 Å². The molecule has 0 aromatic rings. The predicted molar refractivity (Wildman–Crippen MR) is 59.8 cm³/mol. The second-order valence-corrected chi connectivity index (χ2v) is 5.05. The van der Waals surface area contributed by atoms with Gasteiger partial charge in [0.1, 0.15) is 0 Å². The molecule has 1 aliphatic carbocycles. The molecule has 1 rings (SSSR count). The molecular formula is C12H11F10N. The molecule has 1 nitrogen and oxygen atoms in total. The fourth-order valence-electron chi connectivity index (χ4n) is 2.01. The number of nitrogens with zero attached hydrogens (tertiary/aromatic N) is 1. The third-order valence-corrected chi connectivity index (χ3v) is 3.28. The van der Waals surface area contributed by atoms with Gasteiger partial charge in [0.05, 0.1) is 6.04 Å². The standard InChI is InChI=1S/C12H11F10N/c13-9(14,11(18,19)12(20,21)22)8(10(15,16)17)6-23-7-4-2-1-3-5-7/h7H,1-5H2. The first kappa shape index (κ1) is 19.8. The molecule has 0 spiro atoms. The summed E-state index contributed by atoms with van der Waals surface area (Å²) in [6, 6.07) is -0.864. The molecule has 0 amide bonds. The summed E-state index contributed by atoms with van der Waals surface area (Å²) >= 11 is 0. The quantitative estimate of drug-likeness (QED) is 0.478. The summed E-state index contributed by atoms with van der Waals surface area (Å²) in [5.74, 6) is -12.7. The predicted octanol–water partition coefficient (Wildman–Crippen LogP) is 5.31. The van der Waals surface area contributed by atoms with Crippen LogP contribution in [0, 0.1) is 0 Å². The third-order valence-electron chi connectivity index (χ3n) is 3.28. The van der Waals surface area contributed by atoms with Crippen LogP contribution >= 0.6 is 0 Å². The molecule has 0 aromatic heterocycles. The molecule has 0 radical (unpaired) electrons. The van der Waals surface area contributed by atoms with Crippen molar-refractivity contribution in [3.63, 3.8) is 0 Å². The van der Waals surface area contributed by atoms with E-state index >= 15 is 0 Å². The molecule has 0 bridgehead atoms. The van der Waals surface area contributed by atoms with Crippen molar-refractivity contribution in [1.82, 2.24) is 0 Å². The van der Waals surface area contributed by atoms with Gasteiger partial charge in [-0.15, -0.1) is 0 Å². The Morgan fingerprint density at radius 3 is 1.65 bits per heavy atom. The normalized spacial score (nSPS) is 18.5. The number of hydrogen-bond donors (Lipinski definition) is 0. The van der Waals surface area contributed by atoms with E-state index in [-0.39, 0.29) is 12.8 Å². The molecule has 0 N–H and O–H groups in total. The highest BCUT2D eigenvalue weighted by molar-refractivity contribution is 5.63. The number of alkyl halides is 10. The van der Waals surface area contributed by atoms with E-state index in [1.807, 2.05) is 0 Å². The largest absolute Gasteiger partial charge is 0.460 e. The number of rotatable bonds is 3. The minimum atomic E-state index is -6.90. The summed E-state index contributed by atoms with van der Waals surface area (Å²) in [4.78, 5) is 3.02. The van der Waals surface area contributed by atoms with Crippen molar-refractivity contribution in [2.24, 2.45) is 4.99 Å². The summed E-state index contributed by atoms with van der Waals surface area (Å²) < 4.78 is 126. The maximum atomic E-state index is 13.3. The van der Waals surface area contributed by atoms with E-state index in [1.54, 1.807) is 0 Å². The molecule has 0 saturated heterocycles. The first-order chi connectivity index (χ1) is 10.2. The van der Waals surface area contributed by atoms with Crippen LogP contribution in [-0.4, -0.2) is 36.1 Å². The van der Waals surface area contributed by atoms with E-state index in [0.717, 1.165) is 12.3 Å². The van der Waals surface area contributed by atoms with Gasteiger partial charge in [-0.25, -0.2) is 4.99 Å². The number of allylic oxidation sites excluding steroid dienone is 1. The van der Waals surface area contributed by atoms with E-state index in [2.05, 4.69) is 4.99 Å². The van der Waals surface area contributed by atoms with E-state index < -0.39 is 35.8 Å². The fourth-order valence-corrected chi connectivity index (χ4v) is 2.01. The minimum absolute atomic E-state index is 0.222. The molecule has 0 unspecified atom stereocenters. The lowest BCUT2D eigenvalue weighted by Crippen LogP contribution is -2.55. The lowest BCUT2D eigenvalue weighted by molar-refractivity contribution is -0.350. The van der Waals surface area contributed by atoms with Crippen molar-refractivity contribution in [2.75, 3.05) is 0 Å². The van der Waals surface area contributed by atoms with Crippen molar-refractivity contribution >= 4 is 5.87 Å². The molecule has 23 heavy (non-hydrogen) atoms. The Bertz CT molecular complexity index is 475.